The lowest BCUT2D eigenvalue weighted by Gasteiger charge is -2.37. The maximum atomic E-state index is 11.9. The Hall–Kier alpha value is -0.770. The molecule has 2 aliphatic rings. The molecule has 0 spiro atoms. The Balaban J connectivity index is 1.85. The van der Waals surface area contributed by atoms with Crippen LogP contribution in [0.3, 0.4) is 0 Å². The monoisotopic (exact) mass is 241 g/mol. The van der Waals surface area contributed by atoms with Crippen molar-refractivity contribution in [1.82, 2.24) is 4.90 Å². The third-order valence-electron chi connectivity index (χ3n) is 3.46. The average Bonchev–Trinajstić information content (AvgIpc) is 2.98. The number of hydrogen-bond donors (Lipinski definition) is 0. The van der Waals surface area contributed by atoms with Crippen LogP contribution in [0.1, 0.15) is 34.1 Å². The zero-order valence-electron chi connectivity index (χ0n) is 11.2. The molecule has 3 unspecified atom stereocenters. The Morgan fingerprint density at radius 1 is 1.41 bits per heavy atom. The van der Waals surface area contributed by atoms with E-state index in [2.05, 4.69) is 6.92 Å². The highest BCUT2D eigenvalue weighted by atomic mass is 16.6. The number of carbonyl (C=O) groups excluding carboxylic acids is 1. The van der Waals surface area contributed by atoms with Crippen molar-refractivity contribution >= 4 is 6.09 Å². The van der Waals surface area contributed by atoms with Gasteiger partial charge in [-0.15, -0.1) is 0 Å². The molecule has 17 heavy (non-hydrogen) atoms. The molecule has 0 bridgehead atoms. The van der Waals surface area contributed by atoms with Gasteiger partial charge in [0.15, 0.2) is 0 Å². The zero-order valence-corrected chi connectivity index (χ0v) is 11.2. The van der Waals surface area contributed by atoms with Gasteiger partial charge in [0, 0.05) is 13.1 Å². The minimum atomic E-state index is -0.406. The first-order valence-corrected chi connectivity index (χ1v) is 6.46. The van der Waals surface area contributed by atoms with Gasteiger partial charge in [0.1, 0.15) is 5.60 Å². The summed E-state index contributed by atoms with van der Waals surface area (Å²) in [6, 6.07) is 0. The molecule has 0 radical (unpaired) electrons. The van der Waals surface area contributed by atoms with E-state index in [9.17, 15) is 4.79 Å². The fraction of sp³-hybridized carbons (Fsp3) is 0.923. The number of epoxide rings is 1. The molecule has 0 aromatic carbocycles. The van der Waals surface area contributed by atoms with Gasteiger partial charge >= 0.3 is 6.09 Å². The standard InChI is InChI=1S/C13H23NO3/c1-9-7-14(12(15)17-13(2,3)4)6-5-10(9)11-8-16-11/h9-11H,5-8H2,1-4H3. The number of carbonyl (C=O) groups is 1. The van der Waals surface area contributed by atoms with Crippen LogP contribution in [0.2, 0.25) is 0 Å². The van der Waals surface area contributed by atoms with Crippen molar-refractivity contribution in [3.63, 3.8) is 0 Å². The zero-order chi connectivity index (χ0) is 12.6. The largest absolute Gasteiger partial charge is 0.444 e. The number of amides is 1. The van der Waals surface area contributed by atoms with E-state index in [1.165, 1.54) is 0 Å². The molecule has 0 aromatic heterocycles. The van der Waals surface area contributed by atoms with E-state index in [4.69, 9.17) is 9.47 Å². The van der Waals surface area contributed by atoms with E-state index in [-0.39, 0.29) is 6.09 Å². The molecule has 4 nitrogen and oxygen atoms in total. The van der Waals surface area contributed by atoms with Gasteiger partial charge in [-0.2, -0.15) is 0 Å². The summed E-state index contributed by atoms with van der Waals surface area (Å²) in [6.07, 6.45) is 1.30. The first kappa shape index (κ1) is 12.7. The van der Waals surface area contributed by atoms with Crippen LogP contribution in [-0.2, 0) is 9.47 Å². The van der Waals surface area contributed by atoms with Crippen LogP contribution in [0, 0.1) is 11.8 Å². The lowest BCUT2D eigenvalue weighted by atomic mass is 9.85. The number of nitrogens with zero attached hydrogens (tertiary/aromatic N) is 1. The first-order chi connectivity index (χ1) is 7.87. The van der Waals surface area contributed by atoms with Crippen molar-refractivity contribution in [2.75, 3.05) is 19.7 Å². The average molecular weight is 241 g/mol. The fourth-order valence-corrected chi connectivity index (χ4v) is 2.51. The summed E-state index contributed by atoms with van der Waals surface area (Å²) in [6.45, 7) is 10.4. The Bertz CT molecular complexity index is 294. The van der Waals surface area contributed by atoms with E-state index < -0.39 is 5.60 Å². The summed E-state index contributed by atoms with van der Waals surface area (Å²) in [5.74, 6) is 1.12. The van der Waals surface area contributed by atoms with Gasteiger partial charge in [0.25, 0.3) is 0 Å². The molecular formula is C13H23NO3. The molecule has 0 aliphatic carbocycles. The van der Waals surface area contributed by atoms with Crippen LogP contribution < -0.4 is 0 Å². The molecule has 3 atom stereocenters. The highest BCUT2D eigenvalue weighted by Crippen LogP contribution is 2.33. The third-order valence-corrected chi connectivity index (χ3v) is 3.46. The SMILES string of the molecule is CC1CN(C(=O)OC(C)(C)C)CCC1C1CO1. The van der Waals surface area contributed by atoms with Crippen molar-refractivity contribution in [2.45, 2.75) is 45.8 Å². The summed E-state index contributed by atoms with van der Waals surface area (Å²) in [7, 11) is 0. The lowest BCUT2D eigenvalue weighted by Crippen LogP contribution is -2.46. The fourth-order valence-electron chi connectivity index (χ4n) is 2.51. The van der Waals surface area contributed by atoms with Gasteiger partial charge in [0.2, 0.25) is 0 Å². The summed E-state index contributed by atoms with van der Waals surface area (Å²) in [4.78, 5) is 13.8. The number of ether oxygens (including phenoxy) is 2. The van der Waals surface area contributed by atoms with Gasteiger partial charge < -0.3 is 14.4 Å². The lowest BCUT2D eigenvalue weighted by molar-refractivity contribution is 0.00965. The van der Waals surface area contributed by atoms with Crippen molar-refractivity contribution < 1.29 is 14.3 Å². The molecule has 0 N–H and O–H groups in total. The number of rotatable bonds is 1. The number of hydrogen-bond acceptors (Lipinski definition) is 3. The minimum absolute atomic E-state index is 0.181. The number of piperidine rings is 1. The minimum Gasteiger partial charge on any atom is -0.444 e. The topological polar surface area (TPSA) is 42.1 Å². The molecule has 2 heterocycles. The predicted octanol–water partition coefficient (Wildman–Crippen LogP) is 2.28. The summed E-state index contributed by atoms with van der Waals surface area (Å²) in [5, 5.41) is 0. The smallest absolute Gasteiger partial charge is 0.410 e. The Morgan fingerprint density at radius 3 is 2.53 bits per heavy atom. The van der Waals surface area contributed by atoms with E-state index in [1.807, 2.05) is 25.7 Å². The van der Waals surface area contributed by atoms with Gasteiger partial charge in [-0.3, -0.25) is 0 Å². The first-order valence-electron chi connectivity index (χ1n) is 6.46. The van der Waals surface area contributed by atoms with E-state index in [0.717, 1.165) is 26.1 Å². The van der Waals surface area contributed by atoms with E-state index >= 15 is 0 Å². The Morgan fingerprint density at radius 2 is 2.06 bits per heavy atom. The predicted molar refractivity (Wildman–Crippen MR) is 64.8 cm³/mol. The van der Waals surface area contributed by atoms with E-state index in [0.29, 0.717) is 17.9 Å². The number of likely N-dealkylation sites (tertiary alicyclic amines) is 1. The molecule has 0 aromatic rings. The van der Waals surface area contributed by atoms with Crippen molar-refractivity contribution in [1.29, 1.82) is 0 Å². The van der Waals surface area contributed by atoms with Crippen LogP contribution in [0.25, 0.3) is 0 Å². The molecule has 0 saturated carbocycles. The second kappa shape index (κ2) is 4.48. The summed E-state index contributed by atoms with van der Waals surface area (Å²) >= 11 is 0. The van der Waals surface area contributed by atoms with Crippen molar-refractivity contribution in [3.8, 4) is 0 Å². The second-order valence-corrected chi connectivity index (χ2v) is 6.23. The van der Waals surface area contributed by atoms with Crippen LogP contribution in [-0.4, -0.2) is 42.4 Å². The molecule has 1 amide bonds. The maximum Gasteiger partial charge on any atom is 0.410 e. The molecule has 2 saturated heterocycles. The Kier molecular flexibility index (Phi) is 3.34. The van der Waals surface area contributed by atoms with E-state index in [1.54, 1.807) is 0 Å². The summed E-state index contributed by atoms with van der Waals surface area (Å²) < 4.78 is 10.8. The molecular weight excluding hydrogens is 218 g/mol. The Labute approximate surface area is 103 Å². The van der Waals surface area contributed by atoms with Crippen LogP contribution in [0.5, 0.6) is 0 Å². The van der Waals surface area contributed by atoms with Gasteiger partial charge in [-0.25, -0.2) is 4.79 Å². The van der Waals surface area contributed by atoms with Gasteiger partial charge in [0.05, 0.1) is 12.7 Å². The maximum absolute atomic E-state index is 11.9. The quantitative estimate of drug-likeness (QED) is 0.661. The molecule has 4 heteroatoms. The molecule has 2 aliphatic heterocycles. The van der Waals surface area contributed by atoms with Crippen molar-refractivity contribution in [3.05, 3.63) is 0 Å². The van der Waals surface area contributed by atoms with Crippen LogP contribution in [0.4, 0.5) is 4.79 Å². The highest BCUT2D eigenvalue weighted by molar-refractivity contribution is 5.68. The third kappa shape index (κ3) is 3.35. The molecule has 2 rings (SSSR count). The van der Waals surface area contributed by atoms with Gasteiger partial charge in [-0.1, -0.05) is 6.92 Å². The van der Waals surface area contributed by atoms with Crippen molar-refractivity contribution in [2.24, 2.45) is 11.8 Å². The normalized spacial score (nSPS) is 33.4. The van der Waals surface area contributed by atoms with Crippen LogP contribution in [0.15, 0.2) is 0 Å². The summed E-state index contributed by atoms with van der Waals surface area (Å²) in [5.41, 5.74) is -0.406. The van der Waals surface area contributed by atoms with Crippen LogP contribution >= 0.6 is 0 Å². The highest BCUT2D eigenvalue weighted by Gasteiger charge is 2.40. The van der Waals surface area contributed by atoms with Gasteiger partial charge in [-0.05, 0) is 39.0 Å². The molecule has 2 fully saturated rings. The molecule has 98 valence electrons. The second-order valence-electron chi connectivity index (χ2n) is 6.23.